The summed E-state index contributed by atoms with van der Waals surface area (Å²) < 4.78 is 27.7. The van der Waals surface area contributed by atoms with Gasteiger partial charge >= 0.3 is 0 Å². The molecular formula is C20H21N3O4S. The third kappa shape index (κ3) is 3.35. The first-order valence-corrected chi connectivity index (χ1v) is 10.7. The molecule has 0 aliphatic carbocycles. The summed E-state index contributed by atoms with van der Waals surface area (Å²) >= 11 is 0. The van der Waals surface area contributed by atoms with E-state index in [4.69, 9.17) is 0 Å². The summed E-state index contributed by atoms with van der Waals surface area (Å²) in [6.07, 6.45) is 2.02. The van der Waals surface area contributed by atoms with Crippen molar-refractivity contribution in [2.24, 2.45) is 0 Å². The lowest BCUT2D eigenvalue weighted by molar-refractivity contribution is -0.124. The minimum absolute atomic E-state index is 0.0601. The lowest BCUT2D eigenvalue weighted by atomic mass is 10.1. The van der Waals surface area contributed by atoms with Crippen LogP contribution in [0.4, 0.5) is 5.69 Å². The highest BCUT2D eigenvalue weighted by Crippen LogP contribution is 2.32. The Morgan fingerprint density at radius 3 is 2.79 bits per heavy atom. The van der Waals surface area contributed by atoms with Crippen LogP contribution < -0.4 is 14.9 Å². The number of carbonyl (C=O) groups is 2. The Balaban J connectivity index is 1.58. The van der Waals surface area contributed by atoms with Crippen molar-refractivity contribution in [2.45, 2.75) is 30.2 Å². The summed E-state index contributed by atoms with van der Waals surface area (Å²) in [6.45, 7) is 0.983. The number of hydrogen-bond acceptors (Lipinski definition) is 4. The fraction of sp³-hybridized carbons (Fsp3) is 0.300. The number of hydrogen-bond donors (Lipinski definition) is 2. The Morgan fingerprint density at radius 2 is 1.96 bits per heavy atom. The van der Waals surface area contributed by atoms with Gasteiger partial charge in [0.15, 0.2) is 0 Å². The summed E-state index contributed by atoms with van der Waals surface area (Å²) in [5, 5.41) is 5.40. The van der Waals surface area contributed by atoms with Crippen molar-refractivity contribution in [1.29, 1.82) is 0 Å². The van der Waals surface area contributed by atoms with Gasteiger partial charge < -0.3 is 10.6 Å². The first kappa shape index (κ1) is 18.5. The fourth-order valence-electron chi connectivity index (χ4n) is 3.63. The van der Waals surface area contributed by atoms with Crippen LogP contribution >= 0.6 is 0 Å². The number of benzene rings is 2. The van der Waals surface area contributed by atoms with E-state index in [0.29, 0.717) is 31.6 Å². The molecular weight excluding hydrogens is 378 g/mol. The number of nitrogens with one attached hydrogen (secondary N) is 2. The second-order valence-electron chi connectivity index (χ2n) is 6.94. The molecule has 28 heavy (non-hydrogen) atoms. The number of fused-ring (bicyclic) bond motifs is 1. The molecule has 8 heteroatoms. The molecule has 1 atom stereocenters. The monoisotopic (exact) mass is 399 g/mol. The molecule has 2 aliphatic heterocycles. The maximum Gasteiger partial charge on any atom is 0.264 e. The lowest BCUT2D eigenvalue weighted by Crippen LogP contribution is -2.50. The van der Waals surface area contributed by atoms with Crippen molar-refractivity contribution < 1.29 is 18.0 Å². The van der Waals surface area contributed by atoms with E-state index < -0.39 is 22.0 Å². The van der Waals surface area contributed by atoms with E-state index in [1.807, 2.05) is 18.2 Å². The normalized spacial score (nSPS) is 19.1. The third-order valence-electron chi connectivity index (χ3n) is 5.12. The Hall–Kier alpha value is -2.87. The van der Waals surface area contributed by atoms with Crippen molar-refractivity contribution in [1.82, 2.24) is 10.6 Å². The van der Waals surface area contributed by atoms with Crippen LogP contribution in [0.25, 0.3) is 0 Å². The van der Waals surface area contributed by atoms with Gasteiger partial charge in [0.1, 0.15) is 6.04 Å². The van der Waals surface area contributed by atoms with E-state index in [1.54, 1.807) is 18.2 Å². The van der Waals surface area contributed by atoms with E-state index in [-0.39, 0.29) is 16.4 Å². The van der Waals surface area contributed by atoms with Gasteiger partial charge in [-0.2, -0.15) is 0 Å². The maximum atomic E-state index is 13.1. The number of nitrogens with zero attached hydrogens (tertiary/aromatic N) is 1. The molecule has 0 radical (unpaired) electrons. The topological polar surface area (TPSA) is 95.6 Å². The second-order valence-corrected chi connectivity index (χ2v) is 8.81. The minimum Gasteiger partial charge on any atom is -0.354 e. The number of piperidine rings is 1. The highest BCUT2D eigenvalue weighted by Gasteiger charge is 2.31. The highest BCUT2D eigenvalue weighted by molar-refractivity contribution is 7.92. The number of anilines is 1. The van der Waals surface area contributed by atoms with Gasteiger partial charge in [-0.15, -0.1) is 0 Å². The van der Waals surface area contributed by atoms with Crippen LogP contribution in [0.2, 0.25) is 0 Å². The first-order valence-electron chi connectivity index (χ1n) is 9.26. The van der Waals surface area contributed by atoms with Crippen LogP contribution in [-0.2, 0) is 21.2 Å². The predicted molar refractivity (Wildman–Crippen MR) is 105 cm³/mol. The summed E-state index contributed by atoms with van der Waals surface area (Å²) in [4.78, 5) is 24.5. The predicted octanol–water partition coefficient (Wildman–Crippen LogP) is 1.45. The number of sulfonamides is 1. The van der Waals surface area contributed by atoms with Crippen LogP contribution in [0.1, 0.15) is 28.8 Å². The number of para-hydroxylation sites is 1. The lowest BCUT2D eigenvalue weighted by Gasteiger charge is -2.23. The number of carbonyl (C=O) groups excluding carboxylic acids is 2. The molecule has 7 nitrogen and oxygen atoms in total. The van der Waals surface area contributed by atoms with Gasteiger partial charge in [0, 0.05) is 18.7 Å². The maximum absolute atomic E-state index is 13.1. The van der Waals surface area contributed by atoms with Gasteiger partial charge in [-0.25, -0.2) is 8.42 Å². The Bertz CT molecular complexity index is 1040. The molecule has 0 spiro atoms. The molecule has 2 aromatic rings. The second kappa shape index (κ2) is 7.27. The largest absolute Gasteiger partial charge is 0.354 e. The van der Waals surface area contributed by atoms with E-state index in [9.17, 15) is 18.0 Å². The van der Waals surface area contributed by atoms with Crippen LogP contribution in [0.5, 0.6) is 0 Å². The van der Waals surface area contributed by atoms with E-state index in [0.717, 1.165) is 12.0 Å². The van der Waals surface area contributed by atoms with Crippen molar-refractivity contribution in [2.75, 3.05) is 17.4 Å². The molecule has 2 aromatic carbocycles. The van der Waals surface area contributed by atoms with E-state index >= 15 is 0 Å². The van der Waals surface area contributed by atoms with E-state index in [2.05, 4.69) is 10.6 Å². The smallest absolute Gasteiger partial charge is 0.264 e. The van der Waals surface area contributed by atoms with Crippen molar-refractivity contribution in [3.8, 4) is 0 Å². The van der Waals surface area contributed by atoms with Gasteiger partial charge in [0.05, 0.1) is 10.6 Å². The summed E-state index contributed by atoms with van der Waals surface area (Å²) in [7, 11) is -3.78. The zero-order valence-electron chi connectivity index (χ0n) is 15.2. The van der Waals surface area contributed by atoms with Crippen molar-refractivity contribution in [3.05, 3.63) is 59.7 Å². The number of rotatable bonds is 4. The Kier molecular flexibility index (Phi) is 4.80. The molecule has 4 rings (SSSR count). The van der Waals surface area contributed by atoms with Gasteiger partial charge in [-0.05, 0) is 49.1 Å². The molecule has 2 heterocycles. The van der Waals surface area contributed by atoms with Crippen LogP contribution in [-0.4, -0.2) is 39.4 Å². The first-order chi connectivity index (χ1) is 13.5. The Labute approximate surface area is 163 Å². The molecule has 1 fully saturated rings. The molecule has 2 amide bonds. The molecule has 0 bridgehead atoms. The van der Waals surface area contributed by atoms with Gasteiger partial charge in [-0.3, -0.25) is 13.9 Å². The zero-order valence-corrected chi connectivity index (χ0v) is 16.0. The van der Waals surface area contributed by atoms with Crippen LogP contribution in [0.15, 0.2) is 53.4 Å². The molecule has 1 saturated heterocycles. The Morgan fingerprint density at radius 1 is 1.14 bits per heavy atom. The van der Waals surface area contributed by atoms with Gasteiger partial charge in [0.2, 0.25) is 5.91 Å². The van der Waals surface area contributed by atoms with Crippen molar-refractivity contribution >= 4 is 27.5 Å². The van der Waals surface area contributed by atoms with Crippen LogP contribution in [0.3, 0.4) is 0 Å². The van der Waals surface area contributed by atoms with Gasteiger partial charge in [0.25, 0.3) is 15.9 Å². The molecule has 146 valence electrons. The number of amides is 2. The summed E-state index contributed by atoms with van der Waals surface area (Å²) in [6, 6.07) is 12.8. The highest BCUT2D eigenvalue weighted by atomic mass is 32.2. The molecule has 0 saturated carbocycles. The zero-order chi connectivity index (χ0) is 19.7. The minimum atomic E-state index is -3.78. The standard InChI is InChI=1S/C20H21N3O4S/c24-19(22-17-8-4-11-21-20(17)25)15-6-3-7-16(13-15)28(26,27)23-12-10-14-5-1-2-9-18(14)23/h1-3,5-7,9,13,17H,4,8,10-12H2,(H,21,25)(H,22,24). The molecule has 1 unspecified atom stereocenters. The quantitative estimate of drug-likeness (QED) is 0.813. The van der Waals surface area contributed by atoms with Crippen LogP contribution in [0, 0.1) is 0 Å². The van der Waals surface area contributed by atoms with Crippen molar-refractivity contribution in [3.63, 3.8) is 0 Å². The third-order valence-corrected chi connectivity index (χ3v) is 6.93. The molecule has 0 aromatic heterocycles. The average molecular weight is 399 g/mol. The van der Waals surface area contributed by atoms with E-state index in [1.165, 1.54) is 16.4 Å². The summed E-state index contributed by atoms with van der Waals surface area (Å²) in [5.41, 5.74) is 1.88. The molecule has 2 N–H and O–H groups in total. The summed E-state index contributed by atoms with van der Waals surface area (Å²) in [5.74, 6) is -0.669. The average Bonchev–Trinajstić information content (AvgIpc) is 3.15. The SMILES string of the molecule is O=C(NC1CCCNC1=O)c1cccc(S(=O)(=O)N2CCc3ccccc32)c1. The fourth-order valence-corrected chi connectivity index (χ4v) is 5.18. The molecule has 2 aliphatic rings. The van der Waals surface area contributed by atoms with Gasteiger partial charge in [-0.1, -0.05) is 24.3 Å².